The van der Waals surface area contributed by atoms with E-state index >= 15 is 0 Å². The van der Waals surface area contributed by atoms with Crippen LogP contribution in [0.4, 0.5) is 0 Å². The van der Waals surface area contributed by atoms with Crippen LogP contribution < -0.4 is 9.30 Å². The van der Waals surface area contributed by atoms with E-state index in [1.807, 2.05) is 0 Å². The van der Waals surface area contributed by atoms with Crippen LogP contribution in [0.15, 0.2) is 16.0 Å². The molecule has 134 valence electrons. The molecule has 25 heavy (non-hydrogen) atoms. The second-order valence-corrected chi connectivity index (χ2v) is 7.60. The van der Waals surface area contributed by atoms with Crippen LogP contribution in [0.5, 0.6) is 0 Å². The number of carbonyl (C=O) groups is 4. The average Bonchev–Trinajstić information content (AvgIpc) is 3.02. The number of methoxy groups -OCH3 is 3. The molecular weight excluding hydrogens is 392 g/mol. The highest BCUT2D eigenvalue weighted by molar-refractivity contribution is 8.04. The lowest BCUT2D eigenvalue weighted by molar-refractivity contribution is -0.135. The molecule has 0 fully saturated rings. The summed E-state index contributed by atoms with van der Waals surface area (Å²) in [6, 6.07) is 0. The Hall–Kier alpha value is -2.18. The molecule has 1 amide bonds. The molecule has 1 atom stereocenters. The Balaban J connectivity index is 2.38. The Morgan fingerprint density at radius 3 is 2.00 bits per heavy atom. The molecule has 12 heteroatoms. The highest BCUT2D eigenvalue weighted by atomic mass is 32.2. The number of hydrogen-bond donors (Lipinski definition) is 1. The standard InChI is InChI=1S/C13H12N2O7S3/c1-20-9(17)5-4-6(16)14-12(23-5)15-13-24-7(10(18)21-2)8(25-13)11(19)22-3/h4,12H,1-3H3,(H,14,16). The van der Waals surface area contributed by atoms with Crippen LogP contribution in [0, 0.1) is 0 Å². The molecule has 1 N–H and O–H groups in total. The summed E-state index contributed by atoms with van der Waals surface area (Å²) in [5, 5.41) is 2.54. The highest BCUT2D eigenvalue weighted by Crippen LogP contribution is 2.26. The van der Waals surface area contributed by atoms with Gasteiger partial charge in [0.2, 0.25) is 5.91 Å². The molecule has 9 nitrogen and oxygen atoms in total. The molecular formula is C13H12N2O7S3. The van der Waals surface area contributed by atoms with Gasteiger partial charge < -0.3 is 19.5 Å². The largest absolute Gasteiger partial charge is 0.465 e. The third-order valence-corrected chi connectivity index (χ3v) is 6.03. The molecule has 2 rings (SSSR count). The fraction of sp³-hybridized carbons (Fsp3) is 0.308. The normalized spacial score (nSPS) is 16.4. The minimum Gasteiger partial charge on any atom is -0.465 e. The van der Waals surface area contributed by atoms with E-state index in [2.05, 4.69) is 24.5 Å². The molecule has 1 unspecified atom stereocenters. The summed E-state index contributed by atoms with van der Waals surface area (Å²) in [6.07, 6.45) is 1.11. The molecule has 0 bridgehead atoms. The Labute approximate surface area is 153 Å². The minimum atomic E-state index is -0.808. The molecule has 1 aliphatic heterocycles. The number of hydrogen-bond acceptors (Lipinski definition) is 11. The number of amides is 1. The van der Waals surface area contributed by atoms with Crippen LogP contribution >= 0.6 is 34.4 Å². The second-order valence-electron chi connectivity index (χ2n) is 4.22. The van der Waals surface area contributed by atoms with E-state index < -0.39 is 29.3 Å². The van der Waals surface area contributed by atoms with Crippen LogP contribution in [0.3, 0.4) is 0 Å². The molecule has 1 aliphatic rings. The van der Waals surface area contributed by atoms with E-state index in [1.165, 1.54) is 21.3 Å². The van der Waals surface area contributed by atoms with E-state index in [4.69, 9.17) is 0 Å². The van der Waals surface area contributed by atoms with Gasteiger partial charge in [0.15, 0.2) is 9.48 Å². The zero-order chi connectivity index (χ0) is 18.6. The van der Waals surface area contributed by atoms with E-state index in [0.717, 1.165) is 40.5 Å². The van der Waals surface area contributed by atoms with Gasteiger partial charge in [-0.25, -0.2) is 19.4 Å². The second kappa shape index (κ2) is 8.27. The summed E-state index contributed by atoms with van der Waals surface area (Å²) >= 11 is 2.82. The predicted molar refractivity (Wildman–Crippen MR) is 90.1 cm³/mol. The molecule has 0 radical (unpaired) electrons. The summed E-state index contributed by atoms with van der Waals surface area (Å²) in [5.74, 6) is -2.55. The van der Waals surface area contributed by atoms with Crippen LogP contribution in [0.1, 0.15) is 19.3 Å². The maximum atomic E-state index is 11.8. The van der Waals surface area contributed by atoms with Crippen LogP contribution in [0.25, 0.3) is 0 Å². The Kier molecular flexibility index (Phi) is 6.33. The fourth-order valence-electron chi connectivity index (χ4n) is 1.62. The summed E-state index contributed by atoms with van der Waals surface area (Å²) in [4.78, 5) is 51.3. The molecule has 0 saturated heterocycles. The lowest BCUT2D eigenvalue weighted by Crippen LogP contribution is -2.35. The van der Waals surface area contributed by atoms with Gasteiger partial charge in [-0.05, 0) is 0 Å². The van der Waals surface area contributed by atoms with Gasteiger partial charge in [-0.1, -0.05) is 34.4 Å². The lowest BCUT2D eigenvalue weighted by atomic mass is 10.4. The van der Waals surface area contributed by atoms with Crippen molar-refractivity contribution >= 4 is 58.3 Å². The monoisotopic (exact) mass is 404 g/mol. The van der Waals surface area contributed by atoms with Gasteiger partial charge in [-0.15, -0.1) is 0 Å². The highest BCUT2D eigenvalue weighted by Gasteiger charge is 2.26. The number of esters is 3. The van der Waals surface area contributed by atoms with E-state index in [-0.39, 0.29) is 14.7 Å². The topological polar surface area (TPSA) is 120 Å². The first-order chi connectivity index (χ1) is 11.9. The summed E-state index contributed by atoms with van der Waals surface area (Å²) in [5.41, 5.74) is -0.808. The van der Waals surface area contributed by atoms with Crippen molar-refractivity contribution in [2.45, 2.75) is 5.50 Å². The number of nitrogens with zero attached hydrogens (tertiary/aromatic N) is 1. The molecule has 0 aliphatic carbocycles. The summed E-state index contributed by atoms with van der Waals surface area (Å²) in [6.45, 7) is 0. The van der Waals surface area contributed by atoms with Gasteiger partial charge in [-0.3, -0.25) is 4.79 Å². The number of rotatable bonds is 4. The first kappa shape index (κ1) is 19.1. The summed E-state index contributed by atoms with van der Waals surface area (Å²) in [7, 11) is 3.58. The lowest BCUT2D eigenvalue weighted by Gasteiger charge is -2.18. The van der Waals surface area contributed by atoms with Gasteiger partial charge in [0.25, 0.3) is 0 Å². The van der Waals surface area contributed by atoms with Gasteiger partial charge in [0.05, 0.1) is 21.3 Å². The Morgan fingerprint density at radius 2 is 1.52 bits per heavy atom. The van der Waals surface area contributed by atoms with Gasteiger partial charge in [0, 0.05) is 6.08 Å². The third kappa shape index (κ3) is 4.46. The van der Waals surface area contributed by atoms with E-state index in [1.54, 1.807) is 0 Å². The maximum Gasteiger partial charge on any atom is 0.349 e. The Bertz CT molecular complexity index is 787. The number of carbonyl (C=O) groups excluding carboxylic acids is 4. The quantitative estimate of drug-likeness (QED) is 0.569. The molecule has 2 heterocycles. The molecule has 1 aromatic heterocycles. The van der Waals surface area contributed by atoms with E-state index in [9.17, 15) is 19.2 Å². The average molecular weight is 404 g/mol. The third-order valence-electron chi connectivity index (χ3n) is 2.70. The fourth-order valence-corrected chi connectivity index (χ4v) is 4.95. The maximum absolute atomic E-state index is 11.8. The van der Waals surface area contributed by atoms with Crippen molar-refractivity contribution in [3.05, 3.63) is 24.7 Å². The SMILES string of the molecule is COC(=O)C1=CC(=O)NC(N=c2sc(C(=O)OC)c(C(=O)OC)s2)S1. The van der Waals surface area contributed by atoms with Crippen molar-refractivity contribution in [2.75, 3.05) is 21.3 Å². The predicted octanol–water partition coefficient (Wildman–Crippen LogP) is 0.487. The molecule has 1 aromatic rings. The molecule has 0 spiro atoms. The van der Waals surface area contributed by atoms with Crippen molar-refractivity contribution in [2.24, 2.45) is 4.99 Å². The van der Waals surface area contributed by atoms with Crippen LogP contribution in [-0.4, -0.2) is 50.6 Å². The Morgan fingerprint density at radius 1 is 1.00 bits per heavy atom. The first-order valence-corrected chi connectivity index (χ1v) is 9.02. The zero-order valence-corrected chi connectivity index (χ0v) is 15.6. The van der Waals surface area contributed by atoms with Gasteiger partial charge in [-0.2, -0.15) is 0 Å². The molecule has 0 saturated carbocycles. The van der Waals surface area contributed by atoms with Crippen molar-refractivity contribution in [1.82, 2.24) is 5.32 Å². The number of ether oxygens (including phenoxy) is 3. The van der Waals surface area contributed by atoms with Crippen molar-refractivity contribution in [3.8, 4) is 0 Å². The van der Waals surface area contributed by atoms with Crippen molar-refractivity contribution in [3.63, 3.8) is 0 Å². The minimum absolute atomic E-state index is 0.0500. The smallest absolute Gasteiger partial charge is 0.349 e. The number of thioether (sulfide) groups is 1. The van der Waals surface area contributed by atoms with Crippen molar-refractivity contribution in [1.29, 1.82) is 0 Å². The molecule has 0 aromatic carbocycles. The van der Waals surface area contributed by atoms with Crippen LogP contribution in [0.2, 0.25) is 0 Å². The van der Waals surface area contributed by atoms with Crippen LogP contribution in [-0.2, 0) is 23.8 Å². The van der Waals surface area contributed by atoms with Gasteiger partial charge >= 0.3 is 17.9 Å². The summed E-state index contributed by atoms with van der Waals surface area (Å²) < 4.78 is 14.2. The van der Waals surface area contributed by atoms with Gasteiger partial charge in [0.1, 0.15) is 14.7 Å². The van der Waals surface area contributed by atoms with E-state index in [0.29, 0.717) is 3.98 Å². The zero-order valence-electron chi connectivity index (χ0n) is 13.2. The van der Waals surface area contributed by atoms with Crippen molar-refractivity contribution < 1.29 is 33.4 Å². The number of nitrogens with one attached hydrogen (secondary N) is 1. The first-order valence-electron chi connectivity index (χ1n) is 6.51.